The number of hydrogen-bond donors (Lipinski definition) is 0. The Hall–Kier alpha value is -2.88. The van der Waals surface area contributed by atoms with Gasteiger partial charge in [0, 0.05) is 37.7 Å². The van der Waals surface area contributed by atoms with E-state index in [1.54, 1.807) is 30.3 Å². The molecule has 0 bridgehead atoms. The molecule has 10 heteroatoms. The lowest BCUT2D eigenvalue weighted by atomic mass is 10.1. The fourth-order valence-electron chi connectivity index (χ4n) is 3.95. The maximum absolute atomic E-state index is 12.7. The van der Waals surface area contributed by atoms with E-state index >= 15 is 0 Å². The molecule has 3 aromatic rings. The summed E-state index contributed by atoms with van der Waals surface area (Å²) in [6.07, 6.45) is 0. The summed E-state index contributed by atoms with van der Waals surface area (Å²) in [4.78, 5) is 4.49. The second-order valence-electron chi connectivity index (χ2n) is 8.07. The van der Waals surface area contributed by atoms with Crippen LogP contribution in [0.2, 0.25) is 5.02 Å². The summed E-state index contributed by atoms with van der Waals surface area (Å²) in [6, 6.07) is 16.1. The molecular formula is C23H23ClN4O4S. The first-order valence-electron chi connectivity index (χ1n) is 10.6. The third-order valence-corrected chi connectivity index (χ3v) is 7.57. The van der Waals surface area contributed by atoms with Crippen molar-refractivity contribution in [3.63, 3.8) is 0 Å². The summed E-state index contributed by atoms with van der Waals surface area (Å²) < 4.78 is 36.2. The summed E-state index contributed by atoms with van der Waals surface area (Å²) >= 11 is 5.87. The van der Waals surface area contributed by atoms with Crippen LogP contribution in [-0.2, 0) is 22.1 Å². The SMILES string of the molecule is O=S(=O)(Cc1ccc(Cl)cc1)c1ccc(N2CCN(Cc3ccc4c(c3)OCO4)CC2)nn1. The third kappa shape index (κ3) is 5.05. The average Bonchev–Trinajstić information content (AvgIpc) is 3.29. The number of hydrogen-bond acceptors (Lipinski definition) is 8. The highest BCUT2D eigenvalue weighted by molar-refractivity contribution is 7.90. The summed E-state index contributed by atoms with van der Waals surface area (Å²) in [5, 5.41) is 8.75. The molecule has 2 aliphatic rings. The minimum Gasteiger partial charge on any atom is -0.454 e. The molecular weight excluding hydrogens is 464 g/mol. The monoisotopic (exact) mass is 486 g/mol. The molecule has 5 rings (SSSR count). The fourth-order valence-corrected chi connectivity index (χ4v) is 5.30. The molecule has 1 saturated heterocycles. The van der Waals surface area contributed by atoms with Crippen LogP contribution in [-0.4, -0.2) is 56.5 Å². The molecule has 1 fully saturated rings. The van der Waals surface area contributed by atoms with Gasteiger partial charge in [0.25, 0.3) is 0 Å². The van der Waals surface area contributed by atoms with E-state index in [0.29, 0.717) is 16.4 Å². The number of aromatic nitrogens is 2. The summed E-state index contributed by atoms with van der Waals surface area (Å²) in [7, 11) is -3.58. The lowest BCUT2D eigenvalue weighted by molar-refractivity contribution is 0.174. The Bertz CT molecular complexity index is 1230. The number of sulfone groups is 1. The van der Waals surface area contributed by atoms with Gasteiger partial charge < -0.3 is 14.4 Å². The molecule has 8 nitrogen and oxygen atoms in total. The van der Waals surface area contributed by atoms with Crippen molar-refractivity contribution in [1.29, 1.82) is 0 Å². The quantitative estimate of drug-likeness (QED) is 0.525. The fraction of sp³-hybridized carbons (Fsp3) is 0.304. The zero-order chi connectivity index (χ0) is 22.8. The molecule has 0 atom stereocenters. The van der Waals surface area contributed by atoms with Crippen molar-refractivity contribution in [2.24, 2.45) is 0 Å². The van der Waals surface area contributed by atoms with E-state index in [0.717, 1.165) is 44.2 Å². The molecule has 33 heavy (non-hydrogen) atoms. The third-order valence-electron chi connectivity index (χ3n) is 5.75. The lowest BCUT2D eigenvalue weighted by Gasteiger charge is -2.35. The van der Waals surface area contributed by atoms with Crippen LogP contribution >= 0.6 is 11.6 Å². The topological polar surface area (TPSA) is 84.9 Å². The maximum Gasteiger partial charge on any atom is 0.231 e. The van der Waals surface area contributed by atoms with Crippen LogP contribution in [0.4, 0.5) is 5.82 Å². The Balaban J connectivity index is 1.18. The molecule has 0 spiro atoms. The maximum atomic E-state index is 12.7. The number of ether oxygens (including phenoxy) is 2. The molecule has 0 saturated carbocycles. The molecule has 3 heterocycles. The average molecular weight is 487 g/mol. The zero-order valence-electron chi connectivity index (χ0n) is 17.9. The predicted octanol–water partition coefficient (Wildman–Crippen LogP) is 3.15. The van der Waals surface area contributed by atoms with Gasteiger partial charge in [-0.25, -0.2) is 8.42 Å². The highest BCUT2D eigenvalue weighted by Gasteiger charge is 2.22. The Morgan fingerprint density at radius 1 is 0.848 bits per heavy atom. The van der Waals surface area contributed by atoms with Gasteiger partial charge in [-0.1, -0.05) is 29.8 Å². The smallest absolute Gasteiger partial charge is 0.231 e. The molecule has 0 N–H and O–H groups in total. The van der Waals surface area contributed by atoms with Crippen LogP contribution < -0.4 is 14.4 Å². The number of halogens is 1. The molecule has 0 unspecified atom stereocenters. The van der Waals surface area contributed by atoms with Crippen LogP contribution in [0.15, 0.2) is 59.6 Å². The Labute approximate surface area is 197 Å². The van der Waals surface area contributed by atoms with E-state index in [2.05, 4.69) is 26.1 Å². The highest BCUT2D eigenvalue weighted by atomic mass is 35.5. The molecule has 2 aliphatic heterocycles. The first-order valence-corrected chi connectivity index (χ1v) is 12.7. The van der Waals surface area contributed by atoms with Crippen LogP contribution in [0, 0.1) is 0 Å². The minimum absolute atomic E-state index is 0.0253. The van der Waals surface area contributed by atoms with Gasteiger partial charge in [-0.15, -0.1) is 10.2 Å². The highest BCUT2D eigenvalue weighted by Crippen LogP contribution is 2.33. The van der Waals surface area contributed by atoms with Gasteiger partial charge in [-0.2, -0.15) is 0 Å². The van der Waals surface area contributed by atoms with Gasteiger partial charge in [-0.3, -0.25) is 4.90 Å². The molecule has 172 valence electrons. The van der Waals surface area contributed by atoms with Gasteiger partial charge in [0.15, 0.2) is 22.3 Å². The largest absolute Gasteiger partial charge is 0.454 e. The van der Waals surface area contributed by atoms with Gasteiger partial charge in [0.1, 0.15) is 0 Å². The van der Waals surface area contributed by atoms with Crippen molar-refractivity contribution in [2.75, 3.05) is 37.9 Å². The van der Waals surface area contributed by atoms with Gasteiger partial charge in [-0.05, 0) is 47.5 Å². The number of benzene rings is 2. The first-order chi connectivity index (χ1) is 16.0. The molecule has 0 amide bonds. The lowest BCUT2D eigenvalue weighted by Crippen LogP contribution is -2.46. The minimum atomic E-state index is -3.58. The molecule has 1 aromatic heterocycles. The normalized spacial score (nSPS) is 16.2. The van der Waals surface area contributed by atoms with E-state index in [1.807, 2.05) is 12.1 Å². The van der Waals surface area contributed by atoms with Gasteiger partial charge >= 0.3 is 0 Å². The van der Waals surface area contributed by atoms with Crippen LogP contribution in [0.5, 0.6) is 11.5 Å². The predicted molar refractivity (Wildman–Crippen MR) is 124 cm³/mol. The standard InChI is InChI=1S/C23H23ClN4O4S/c24-19-4-1-17(2-5-19)15-33(29,30)23-8-7-22(25-26-23)28-11-9-27(10-12-28)14-18-3-6-20-21(13-18)32-16-31-20/h1-8,13H,9-12,14-16H2. The van der Waals surface area contributed by atoms with Crippen molar-refractivity contribution in [1.82, 2.24) is 15.1 Å². The summed E-state index contributed by atoms with van der Waals surface area (Å²) in [5.41, 5.74) is 1.84. The Morgan fingerprint density at radius 3 is 2.30 bits per heavy atom. The van der Waals surface area contributed by atoms with E-state index in [-0.39, 0.29) is 17.6 Å². The van der Waals surface area contributed by atoms with E-state index in [4.69, 9.17) is 21.1 Å². The van der Waals surface area contributed by atoms with E-state index < -0.39 is 9.84 Å². The van der Waals surface area contributed by atoms with Crippen molar-refractivity contribution in [3.05, 3.63) is 70.7 Å². The molecule has 0 aliphatic carbocycles. The van der Waals surface area contributed by atoms with Crippen molar-refractivity contribution < 1.29 is 17.9 Å². The van der Waals surface area contributed by atoms with Gasteiger partial charge in [0.2, 0.25) is 16.6 Å². The van der Waals surface area contributed by atoms with Crippen molar-refractivity contribution in [2.45, 2.75) is 17.3 Å². The van der Waals surface area contributed by atoms with E-state index in [9.17, 15) is 8.42 Å². The molecule has 0 radical (unpaired) electrons. The number of fused-ring (bicyclic) bond motifs is 1. The zero-order valence-corrected chi connectivity index (χ0v) is 19.4. The van der Waals surface area contributed by atoms with Crippen LogP contribution in [0.3, 0.4) is 0 Å². The Kier molecular flexibility index (Phi) is 6.09. The second-order valence-corrected chi connectivity index (χ2v) is 10.4. The number of nitrogens with zero attached hydrogens (tertiary/aromatic N) is 4. The van der Waals surface area contributed by atoms with Crippen molar-refractivity contribution in [3.8, 4) is 11.5 Å². The number of rotatable bonds is 6. The second kappa shape index (κ2) is 9.17. The number of piperazine rings is 1. The first kappa shape index (κ1) is 21.9. The van der Waals surface area contributed by atoms with E-state index in [1.165, 1.54) is 11.6 Å². The number of anilines is 1. The summed E-state index contributed by atoms with van der Waals surface area (Å²) in [5.74, 6) is 2.13. The van der Waals surface area contributed by atoms with Gasteiger partial charge in [0.05, 0.1) is 5.75 Å². The van der Waals surface area contributed by atoms with Crippen molar-refractivity contribution >= 4 is 27.3 Å². The summed E-state index contributed by atoms with van der Waals surface area (Å²) in [6.45, 7) is 4.42. The van der Waals surface area contributed by atoms with Crippen LogP contribution in [0.25, 0.3) is 0 Å². The molecule has 2 aromatic carbocycles. The van der Waals surface area contributed by atoms with Crippen LogP contribution in [0.1, 0.15) is 11.1 Å². The Morgan fingerprint density at radius 2 is 1.58 bits per heavy atom.